The zero-order valence-corrected chi connectivity index (χ0v) is 15.5. The van der Waals surface area contributed by atoms with Gasteiger partial charge in [-0.15, -0.1) is 0 Å². The van der Waals surface area contributed by atoms with Crippen LogP contribution >= 0.6 is 11.6 Å². The van der Waals surface area contributed by atoms with Crippen molar-refractivity contribution in [3.63, 3.8) is 0 Å². The smallest absolute Gasteiger partial charge is 0.0436 e. The summed E-state index contributed by atoms with van der Waals surface area (Å²) in [5.74, 6) is 0. The molecule has 2 heteroatoms. The molecule has 0 N–H and O–H groups in total. The van der Waals surface area contributed by atoms with E-state index in [4.69, 9.17) is 11.6 Å². The van der Waals surface area contributed by atoms with E-state index >= 15 is 0 Å². The van der Waals surface area contributed by atoms with Gasteiger partial charge >= 0.3 is 0 Å². The first-order chi connectivity index (χ1) is 10.5. The van der Waals surface area contributed by atoms with Crippen molar-refractivity contribution in [1.29, 1.82) is 0 Å². The Hall–Kier alpha value is -1.47. The van der Waals surface area contributed by atoms with E-state index in [1.165, 1.54) is 22.4 Å². The zero-order chi connectivity index (χ0) is 16.7. The molecule has 0 fully saturated rings. The number of benzene rings is 2. The summed E-state index contributed by atoms with van der Waals surface area (Å²) in [5.41, 5.74) is 6.41. The lowest BCUT2D eigenvalue weighted by Crippen LogP contribution is -2.22. The Morgan fingerprint density at radius 1 is 0.864 bits per heavy atom. The minimum atomic E-state index is 0.830. The molecule has 120 valence electrons. The number of halogens is 1. The van der Waals surface area contributed by atoms with Crippen molar-refractivity contribution in [2.75, 3.05) is 11.4 Å². The van der Waals surface area contributed by atoms with Crippen LogP contribution in [0.3, 0.4) is 0 Å². The van der Waals surface area contributed by atoms with E-state index in [1.54, 1.807) is 0 Å². The van der Waals surface area contributed by atoms with Crippen LogP contribution in [0.2, 0.25) is 5.02 Å². The third-order valence-corrected chi connectivity index (χ3v) is 4.26. The molecule has 0 saturated carbocycles. The van der Waals surface area contributed by atoms with Crippen molar-refractivity contribution >= 4 is 17.3 Å². The molecule has 0 spiro atoms. The van der Waals surface area contributed by atoms with Gasteiger partial charge in [0, 0.05) is 23.8 Å². The Labute approximate surface area is 140 Å². The second kappa shape index (κ2) is 8.85. The summed E-state index contributed by atoms with van der Waals surface area (Å²) in [7, 11) is 0. The molecule has 0 amide bonds. The third kappa shape index (κ3) is 4.78. The summed E-state index contributed by atoms with van der Waals surface area (Å²) in [4.78, 5) is 2.37. The van der Waals surface area contributed by atoms with Gasteiger partial charge in [0.15, 0.2) is 0 Å². The minimum absolute atomic E-state index is 0.830. The van der Waals surface area contributed by atoms with Crippen LogP contribution in [0.25, 0.3) is 0 Å². The van der Waals surface area contributed by atoms with Crippen LogP contribution < -0.4 is 4.90 Å². The van der Waals surface area contributed by atoms with E-state index in [-0.39, 0.29) is 0 Å². The second-order valence-electron chi connectivity index (χ2n) is 5.37. The van der Waals surface area contributed by atoms with Crippen molar-refractivity contribution < 1.29 is 0 Å². The van der Waals surface area contributed by atoms with Crippen LogP contribution in [0.1, 0.15) is 43.0 Å². The van der Waals surface area contributed by atoms with Crippen LogP contribution in [0, 0.1) is 20.8 Å². The molecular formula is C20H28ClN. The van der Waals surface area contributed by atoms with Crippen LogP contribution in [-0.2, 0) is 6.54 Å². The monoisotopic (exact) mass is 317 g/mol. The van der Waals surface area contributed by atoms with Gasteiger partial charge in [-0.3, -0.25) is 0 Å². The first kappa shape index (κ1) is 18.6. The average Bonchev–Trinajstić information content (AvgIpc) is 2.53. The molecule has 0 aromatic heterocycles. The standard InChI is InChI=1S/C18H22ClN.C2H6/c1-5-20(17-8-9-18(19)15(4)11-17)12-16-7-6-13(2)14(3)10-16;1-2/h6-11H,5,12H2,1-4H3;1-2H3. The zero-order valence-electron chi connectivity index (χ0n) is 14.7. The topological polar surface area (TPSA) is 3.24 Å². The number of aryl methyl sites for hydroxylation is 3. The summed E-state index contributed by atoms with van der Waals surface area (Å²) in [6.45, 7) is 14.5. The van der Waals surface area contributed by atoms with Crippen LogP contribution in [0.4, 0.5) is 5.69 Å². The van der Waals surface area contributed by atoms with Crippen molar-refractivity contribution in [3.8, 4) is 0 Å². The lowest BCUT2D eigenvalue weighted by atomic mass is 10.1. The normalized spacial score (nSPS) is 9.95. The molecule has 22 heavy (non-hydrogen) atoms. The SMILES string of the molecule is CC.CCN(Cc1ccc(C)c(C)c1)c1ccc(Cl)c(C)c1. The highest BCUT2D eigenvalue weighted by atomic mass is 35.5. The van der Waals surface area contributed by atoms with E-state index in [2.05, 4.69) is 62.9 Å². The summed E-state index contributed by atoms with van der Waals surface area (Å²) in [6.07, 6.45) is 0. The highest BCUT2D eigenvalue weighted by Gasteiger charge is 2.07. The highest BCUT2D eigenvalue weighted by molar-refractivity contribution is 6.31. The molecule has 2 aromatic rings. The lowest BCUT2D eigenvalue weighted by molar-refractivity contribution is 0.830. The number of rotatable bonds is 4. The largest absolute Gasteiger partial charge is 0.367 e. The third-order valence-electron chi connectivity index (χ3n) is 3.83. The van der Waals surface area contributed by atoms with E-state index in [0.29, 0.717) is 0 Å². The first-order valence-electron chi connectivity index (χ1n) is 8.08. The fourth-order valence-electron chi connectivity index (χ4n) is 2.33. The average molecular weight is 318 g/mol. The van der Waals surface area contributed by atoms with E-state index in [9.17, 15) is 0 Å². The fraction of sp³-hybridized carbons (Fsp3) is 0.400. The summed E-state index contributed by atoms with van der Waals surface area (Å²) < 4.78 is 0. The molecule has 1 nitrogen and oxygen atoms in total. The summed E-state index contributed by atoms with van der Waals surface area (Å²) >= 11 is 6.11. The summed E-state index contributed by atoms with van der Waals surface area (Å²) in [6, 6.07) is 12.9. The Kier molecular flexibility index (Phi) is 7.47. The Morgan fingerprint density at radius 2 is 1.55 bits per heavy atom. The van der Waals surface area contributed by atoms with Gasteiger partial charge < -0.3 is 4.90 Å². The van der Waals surface area contributed by atoms with Crippen LogP contribution in [0.15, 0.2) is 36.4 Å². The van der Waals surface area contributed by atoms with E-state index in [1.807, 2.05) is 19.9 Å². The van der Waals surface area contributed by atoms with E-state index < -0.39 is 0 Å². The van der Waals surface area contributed by atoms with Crippen LogP contribution in [0.5, 0.6) is 0 Å². The van der Waals surface area contributed by atoms with Crippen molar-refractivity contribution in [2.45, 2.75) is 48.1 Å². The lowest BCUT2D eigenvalue weighted by Gasteiger charge is -2.24. The van der Waals surface area contributed by atoms with Gasteiger partial charge in [0.25, 0.3) is 0 Å². The van der Waals surface area contributed by atoms with Gasteiger partial charge in [-0.25, -0.2) is 0 Å². The molecule has 0 aliphatic heterocycles. The molecule has 0 radical (unpaired) electrons. The number of hydrogen-bond acceptors (Lipinski definition) is 1. The molecule has 0 bridgehead atoms. The molecule has 0 saturated heterocycles. The van der Waals surface area contributed by atoms with Gasteiger partial charge in [-0.05, 0) is 68.1 Å². The predicted octanol–water partition coefficient (Wildman–Crippen LogP) is 6.32. The molecule has 0 heterocycles. The maximum atomic E-state index is 6.11. The maximum Gasteiger partial charge on any atom is 0.0436 e. The predicted molar refractivity (Wildman–Crippen MR) is 100 cm³/mol. The molecule has 0 aliphatic rings. The van der Waals surface area contributed by atoms with Gasteiger partial charge in [0.2, 0.25) is 0 Å². The molecule has 0 atom stereocenters. The van der Waals surface area contributed by atoms with Crippen LogP contribution in [-0.4, -0.2) is 6.54 Å². The number of nitrogens with zero attached hydrogens (tertiary/aromatic N) is 1. The van der Waals surface area contributed by atoms with Gasteiger partial charge in [-0.2, -0.15) is 0 Å². The minimum Gasteiger partial charge on any atom is -0.367 e. The molecule has 2 rings (SSSR count). The molecule has 2 aromatic carbocycles. The Bertz CT molecular complexity index is 605. The van der Waals surface area contributed by atoms with E-state index in [0.717, 1.165) is 23.7 Å². The van der Waals surface area contributed by atoms with Gasteiger partial charge in [0.05, 0.1) is 0 Å². The molecule has 0 unspecified atom stereocenters. The fourth-order valence-corrected chi connectivity index (χ4v) is 2.45. The Morgan fingerprint density at radius 3 is 2.09 bits per heavy atom. The maximum absolute atomic E-state index is 6.11. The van der Waals surface area contributed by atoms with Gasteiger partial charge in [0.1, 0.15) is 0 Å². The number of anilines is 1. The molecule has 0 aliphatic carbocycles. The molecular weight excluding hydrogens is 290 g/mol. The quantitative estimate of drug-likeness (QED) is 0.638. The first-order valence-corrected chi connectivity index (χ1v) is 8.46. The Balaban J connectivity index is 0.00000116. The second-order valence-corrected chi connectivity index (χ2v) is 5.77. The van der Waals surface area contributed by atoms with Crippen molar-refractivity contribution in [1.82, 2.24) is 0 Å². The summed E-state index contributed by atoms with van der Waals surface area (Å²) in [5, 5.41) is 0.830. The van der Waals surface area contributed by atoms with Gasteiger partial charge in [-0.1, -0.05) is 43.6 Å². The van der Waals surface area contributed by atoms with Crippen molar-refractivity contribution in [3.05, 3.63) is 63.7 Å². The van der Waals surface area contributed by atoms with Crippen molar-refractivity contribution in [2.24, 2.45) is 0 Å². The highest BCUT2D eigenvalue weighted by Crippen LogP contribution is 2.24. The number of hydrogen-bond donors (Lipinski definition) is 0.